The van der Waals surface area contributed by atoms with E-state index in [1.54, 1.807) is 6.07 Å². The van der Waals surface area contributed by atoms with Crippen LogP contribution in [0.3, 0.4) is 0 Å². The van der Waals surface area contributed by atoms with Crippen LogP contribution in [0.5, 0.6) is 11.5 Å². The average molecular weight is 491 g/mol. The summed E-state index contributed by atoms with van der Waals surface area (Å²) in [6, 6.07) is 3.55. The quantitative estimate of drug-likeness (QED) is 0.223. The number of carboxylic acid groups (broad SMARTS) is 2. The Labute approximate surface area is 209 Å². The van der Waals surface area contributed by atoms with Crippen LogP contribution in [0.25, 0.3) is 0 Å². The molecule has 0 saturated heterocycles. The summed E-state index contributed by atoms with van der Waals surface area (Å²) in [5, 5.41) is 18.4. The number of hydrogen-bond donors (Lipinski definition) is 2. The van der Waals surface area contributed by atoms with Gasteiger partial charge in [0.25, 0.3) is 0 Å². The number of Topliss-reactive ketones (excluding diaryl/α,β-unsaturated/α-hetero) is 1. The summed E-state index contributed by atoms with van der Waals surface area (Å²) in [6.07, 6.45) is 10.9. The largest absolute Gasteiger partial charge is 0.493 e. The Balaban J connectivity index is 2.13. The lowest BCUT2D eigenvalue weighted by atomic mass is 9.82. The fraction of sp³-hybridized carbons (Fsp3) is 0.679. The molecule has 2 rings (SSSR count). The van der Waals surface area contributed by atoms with Gasteiger partial charge in [0.2, 0.25) is 0 Å². The zero-order chi connectivity index (χ0) is 25.7. The maximum absolute atomic E-state index is 13.1. The normalized spacial score (nSPS) is 14.3. The van der Waals surface area contributed by atoms with Crippen molar-refractivity contribution >= 4 is 17.7 Å². The van der Waals surface area contributed by atoms with E-state index >= 15 is 0 Å². The first-order valence-electron chi connectivity index (χ1n) is 13.3. The van der Waals surface area contributed by atoms with Gasteiger partial charge in [-0.3, -0.25) is 14.4 Å². The molecule has 0 aromatic heterocycles. The van der Waals surface area contributed by atoms with E-state index in [2.05, 4.69) is 6.92 Å². The van der Waals surface area contributed by atoms with E-state index in [4.69, 9.17) is 9.47 Å². The van der Waals surface area contributed by atoms with E-state index in [1.807, 2.05) is 13.0 Å². The summed E-state index contributed by atoms with van der Waals surface area (Å²) >= 11 is 0. The van der Waals surface area contributed by atoms with Crippen LogP contribution in [0.4, 0.5) is 0 Å². The van der Waals surface area contributed by atoms with E-state index < -0.39 is 17.5 Å². The fourth-order valence-corrected chi connectivity index (χ4v) is 4.70. The van der Waals surface area contributed by atoms with Crippen molar-refractivity contribution in [3.8, 4) is 11.5 Å². The lowest BCUT2D eigenvalue weighted by Gasteiger charge is -2.39. The van der Waals surface area contributed by atoms with Gasteiger partial charge in [0.05, 0.1) is 18.6 Å². The van der Waals surface area contributed by atoms with Crippen molar-refractivity contribution in [2.75, 3.05) is 6.61 Å². The molecular weight excluding hydrogens is 448 g/mol. The maximum atomic E-state index is 13.1. The van der Waals surface area contributed by atoms with Gasteiger partial charge in [0.1, 0.15) is 17.1 Å². The Kier molecular flexibility index (Phi) is 12.1. The van der Waals surface area contributed by atoms with E-state index in [-0.39, 0.29) is 37.9 Å². The number of ketones is 1. The summed E-state index contributed by atoms with van der Waals surface area (Å²) in [7, 11) is 0. The molecule has 7 nitrogen and oxygen atoms in total. The highest BCUT2D eigenvalue weighted by Gasteiger charge is 2.42. The third kappa shape index (κ3) is 9.19. The number of unbranched alkanes of at least 4 members (excludes halogenated alkanes) is 7. The van der Waals surface area contributed by atoms with Crippen LogP contribution in [-0.4, -0.2) is 40.1 Å². The Morgan fingerprint density at radius 2 is 1.51 bits per heavy atom. The molecule has 2 N–H and O–H groups in total. The molecule has 196 valence electrons. The standard InChI is InChI=1S/C28H42O7/c1-3-5-6-7-8-9-10-11-19-34-24-14-13-21-23(29)20-28(17-15-25(30)31,18-16-26(32)33)35-27(21)22(24)12-4-2/h13-14H,3-12,15-20H2,1-2H3,(H,30,31)(H,32,33). The third-order valence-electron chi connectivity index (χ3n) is 6.66. The molecule has 35 heavy (non-hydrogen) atoms. The molecule has 1 heterocycles. The van der Waals surface area contributed by atoms with Gasteiger partial charge in [-0.15, -0.1) is 0 Å². The Morgan fingerprint density at radius 1 is 0.914 bits per heavy atom. The first kappa shape index (κ1) is 28.7. The van der Waals surface area contributed by atoms with Gasteiger partial charge in [0, 0.05) is 18.4 Å². The molecule has 0 fully saturated rings. The van der Waals surface area contributed by atoms with E-state index in [0.717, 1.165) is 24.8 Å². The molecule has 0 spiro atoms. The highest BCUT2D eigenvalue weighted by atomic mass is 16.5. The minimum Gasteiger partial charge on any atom is -0.493 e. The first-order valence-corrected chi connectivity index (χ1v) is 13.3. The summed E-state index contributed by atoms with van der Waals surface area (Å²) < 4.78 is 12.5. The number of carbonyl (C=O) groups excluding carboxylic acids is 1. The number of ether oxygens (including phenoxy) is 2. The minimum atomic E-state index is -1.14. The van der Waals surface area contributed by atoms with Gasteiger partial charge in [0.15, 0.2) is 5.78 Å². The number of carboxylic acids is 2. The summed E-state index contributed by atoms with van der Waals surface area (Å²) in [4.78, 5) is 35.6. The van der Waals surface area contributed by atoms with Crippen LogP contribution in [0.1, 0.15) is 120 Å². The molecule has 0 unspecified atom stereocenters. The zero-order valence-corrected chi connectivity index (χ0v) is 21.4. The highest BCUT2D eigenvalue weighted by molar-refractivity contribution is 6.01. The molecule has 0 saturated carbocycles. The van der Waals surface area contributed by atoms with Crippen molar-refractivity contribution in [3.63, 3.8) is 0 Å². The fourth-order valence-electron chi connectivity index (χ4n) is 4.70. The molecule has 0 bridgehead atoms. The van der Waals surface area contributed by atoms with Gasteiger partial charge in [-0.2, -0.15) is 0 Å². The van der Waals surface area contributed by atoms with E-state index in [0.29, 0.717) is 30.1 Å². The van der Waals surface area contributed by atoms with Crippen molar-refractivity contribution in [1.29, 1.82) is 0 Å². The van der Waals surface area contributed by atoms with Crippen LogP contribution in [0, 0.1) is 0 Å². The molecule has 1 aromatic carbocycles. The van der Waals surface area contributed by atoms with Crippen molar-refractivity contribution in [3.05, 3.63) is 23.3 Å². The van der Waals surface area contributed by atoms with Crippen LogP contribution >= 0.6 is 0 Å². The minimum absolute atomic E-state index is 0.0232. The number of fused-ring (bicyclic) bond motifs is 1. The summed E-state index contributed by atoms with van der Waals surface area (Å²) in [5.41, 5.74) is 0.140. The number of aliphatic carboxylic acids is 2. The second-order valence-electron chi connectivity index (χ2n) is 9.66. The zero-order valence-electron chi connectivity index (χ0n) is 21.4. The average Bonchev–Trinajstić information content (AvgIpc) is 2.82. The lowest BCUT2D eigenvalue weighted by molar-refractivity contribution is -0.139. The van der Waals surface area contributed by atoms with Gasteiger partial charge >= 0.3 is 11.9 Å². The first-order chi connectivity index (χ1) is 16.8. The molecule has 1 aromatic rings. The van der Waals surface area contributed by atoms with Gasteiger partial charge < -0.3 is 19.7 Å². The van der Waals surface area contributed by atoms with E-state index in [9.17, 15) is 24.6 Å². The molecule has 0 radical (unpaired) electrons. The van der Waals surface area contributed by atoms with Crippen LogP contribution in [-0.2, 0) is 16.0 Å². The van der Waals surface area contributed by atoms with Crippen LogP contribution < -0.4 is 9.47 Å². The molecule has 7 heteroatoms. The third-order valence-corrected chi connectivity index (χ3v) is 6.66. The lowest BCUT2D eigenvalue weighted by Crippen LogP contribution is -2.43. The number of carbonyl (C=O) groups is 3. The summed E-state index contributed by atoms with van der Waals surface area (Å²) in [6.45, 7) is 4.84. The van der Waals surface area contributed by atoms with Crippen LogP contribution in [0.15, 0.2) is 12.1 Å². The van der Waals surface area contributed by atoms with Gasteiger partial charge in [-0.1, -0.05) is 65.2 Å². The molecule has 1 aliphatic heterocycles. The predicted molar refractivity (Wildman–Crippen MR) is 135 cm³/mol. The Hall–Kier alpha value is -2.57. The number of hydrogen-bond acceptors (Lipinski definition) is 5. The van der Waals surface area contributed by atoms with Crippen molar-refractivity contribution in [2.45, 2.75) is 116 Å². The molecular formula is C28H42O7. The summed E-state index contributed by atoms with van der Waals surface area (Å²) in [5.74, 6) is -1.02. The van der Waals surface area contributed by atoms with Crippen molar-refractivity contribution in [2.24, 2.45) is 0 Å². The molecule has 0 atom stereocenters. The second kappa shape index (κ2) is 14.7. The molecule has 0 aliphatic carbocycles. The Morgan fingerprint density at radius 3 is 2.09 bits per heavy atom. The predicted octanol–water partition coefficient (Wildman–Crippen LogP) is 6.59. The van der Waals surface area contributed by atoms with Gasteiger partial charge in [-0.05, 0) is 37.8 Å². The second-order valence-corrected chi connectivity index (χ2v) is 9.66. The molecule has 0 amide bonds. The maximum Gasteiger partial charge on any atom is 0.303 e. The Bertz CT molecular complexity index is 828. The van der Waals surface area contributed by atoms with E-state index in [1.165, 1.54) is 38.5 Å². The molecule has 1 aliphatic rings. The smallest absolute Gasteiger partial charge is 0.303 e. The number of benzene rings is 1. The highest BCUT2D eigenvalue weighted by Crippen LogP contribution is 2.44. The topological polar surface area (TPSA) is 110 Å². The monoisotopic (exact) mass is 490 g/mol. The SMILES string of the molecule is CCCCCCCCCCOc1ccc2c(c1CCC)OC(CCC(=O)O)(CCC(=O)O)CC2=O. The number of rotatable bonds is 18. The van der Waals surface area contributed by atoms with Crippen molar-refractivity contribution in [1.82, 2.24) is 0 Å². The van der Waals surface area contributed by atoms with Crippen molar-refractivity contribution < 1.29 is 34.1 Å². The van der Waals surface area contributed by atoms with Gasteiger partial charge in [-0.25, -0.2) is 0 Å². The van der Waals surface area contributed by atoms with Crippen LogP contribution in [0.2, 0.25) is 0 Å².